The van der Waals surface area contributed by atoms with Gasteiger partial charge >= 0.3 is 18.3 Å². The Kier molecular flexibility index (Phi) is 5.94. The molecular weight excluding hydrogens is 206 g/mol. The first-order chi connectivity index (χ1) is 7.02. The van der Waals surface area contributed by atoms with Gasteiger partial charge in [-0.05, 0) is 9.75 Å². The summed E-state index contributed by atoms with van der Waals surface area (Å²) in [5.41, 5.74) is 0. The second-order valence-electron chi connectivity index (χ2n) is 2.13. The van der Waals surface area contributed by atoms with Crippen LogP contribution in [0.2, 0.25) is 0 Å². The van der Waals surface area contributed by atoms with E-state index in [0.717, 1.165) is 0 Å². The molecule has 0 radical (unpaired) electrons. The van der Waals surface area contributed by atoms with Crippen LogP contribution in [0.3, 0.4) is 0 Å². The highest BCUT2D eigenvalue weighted by Gasteiger charge is 1.99. The molecule has 1 aliphatic heterocycles. The Balaban J connectivity index is 0.000000262. The van der Waals surface area contributed by atoms with Crippen molar-refractivity contribution in [2.75, 3.05) is 6.67 Å². The number of carboxylic acid groups (broad SMARTS) is 2. The van der Waals surface area contributed by atoms with E-state index in [-0.39, 0.29) is 6.67 Å². The van der Waals surface area contributed by atoms with Crippen molar-refractivity contribution in [1.82, 2.24) is 0 Å². The van der Waals surface area contributed by atoms with Crippen LogP contribution in [0.5, 0.6) is 0 Å². The Labute approximate surface area is 83.8 Å². The molecule has 0 aromatic rings. The number of aliphatic imine (C=N–C) groups is 2. The maximum Gasteiger partial charge on any atom is 0.328 e. The second-order valence-corrected chi connectivity index (χ2v) is 2.13. The number of aliphatic carboxylic acids is 2. The first-order valence-corrected chi connectivity index (χ1v) is 3.61. The Morgan fingerprint density at radius 2 is 1.80 bits per heavy atom. The lowest BCUT2D eigenvalue weighted by Gasteiger charge is -1.81. The summed E-state index contributed by atoms with van der Waals surface area (Å²) in [5, 5.41) is 15.6. The van der Waals surface area contributed by atoms with E-state index in [2.05, 4.69) is 9.98 Å². The van der Waals surface area contributed by atoms with Crippen molar-refractivity contribution in [2.24, 2.45) is 9.98 Å². The number of hydrogen-bond donors (Lipinski definition) is 2. The summed E-state index contributed by atoms with van der Waals surface area (Å²) in [5.74, 6) is -2.51. The third kappa shape index (κ3) is 9.53. The molecule has 0 fully saturated rings. The van der Waals surface area contributed by atoms with Gasteiger partial charge in [0.1, 0.15) is 0 Å². The van der Waals surface area contributed by atoms with E-state index in [0.29, 0.717) is 16.9 Å². The van der Waals surface area contributed by atoms with Crippen molar-refractivity contribution < 1.29 is 24.6 Å². The molecule has 0 aliphatic carbocycles. The van der Waals surface area contributed by atoms with Crippen molar-refractivity contribution in [3.63, 3.8) is 0 Å². The van der Waals surface area contributed by atoms with Crippen molar-refractivity contribution in [3.8, 4) is 0 Å². The Bertz CT molecular complexity index is 329. The third-order valence-electron chi connectivity index (χ3n) is 0.933. The van der Waals surface area contributed by atoms with Crippen LogP contribution in [0.25, 0.3) is 0 Å². The minimum Gasteiger partial charge on any atom is -0.478 e. The smallest absolute Gasteiger partial charge is 0.328 e. The molecule has 0 amide bonds. The molecule has 15 heavy (non-hydrogen) atoms. The fourth-order valence-electron chi connectivity index (χ4n) is 0.447. The van der Waals surface area contributed by atoms with Gasteiger partial charge in [-0.15, -0.1) is 0 Å². The van der Waals surface area contributed by atoms with Crippen LogP contribution in [0.15, 0.2) is 22.1 Å². The van der Waals surface area contributed by atoms with E-state index in [1.165, 1.54) is 12.7 Å². The van der Waals surface area contributed by atoms with Gasteiger partial charge in [0.25, 0.3) is 0 Å². The highest BCUT2D eigenvalue weighted by atomic mass is 16.4. The summed E-state index contributed by atoms with van der Waals surface area (Å²) >= 11 is 0. The van der Waals surface area contributed by atoms with E-state index in [4.69, 9.17) is 10.2 Å². The maximum atomic E-state index is 10.1. The van der Waals surface area contributed by atoms with Gasteiger partial charge in [0.2, 0.25) is 13.0 Å². The highest BCUT2D eigenvalue weighted by molar-refractivity contribution is 5.89. The molecule has 0 saturated carbocycles. The zero-order chi connectivity index (χ0) is 11.7. The SMILES string of the molecule is O=C(O)/C=C/C(=O)O.O=[N+]1C=NC=NC1. The average Bonchev–Trinajstić information content (AvgIpc) is 2.17. The largest absolute Gasteiger partial charge is 0.478 e. The van der Waals surface area contributed by atoms with Crippen LogP contribution in [0.4, 0.5) is 0 Å². The molecule has 1 aliphatic rings. The van der Waals surface area contributed by atoms with Gasteiger partial charge in [-0.1, -0.05) is 4.91 Å². The molecule has 0 bridgehead atoms. The van der Waals surface area contributed by atoms with Gasteiger partial charge in [0.15, 0.2) is 0 Å². The lowest BCUT2D eigenvalue weighted by molar-refractivity contribution is -0.420. The van der Waals surface area contributed by atoms with Crippen LogP contribution in [0, 0.1) is 4.91 Å². The average molecular weight is 214 g/mol. The minimum atomic E-state index is -1.26. The molecule has 1 heterocycles. The zero-order valence-corrected chi connectivity index (χ0v) is 7.48. The molecular formula is C7H8N3O5+. The molecule has 0 atom stereocenters. The Morgan fingerprint density at radius 3 is 2.00 bits per heavy atom. The van der Waals surface area contributed by atoms with Gasteiger partial charge in [0.05, 0.1) is 0 Å². The molecule has 1 rings (SSSR count). The molecule has 80 valence electrons. The third-order valence-corrected chi connectivity index (χ3v) is 0.933. The quantitative estimate of drug-likeness (QED) is 0.474. The number of nitroso groups, excluding NO2 is 1. The maximum absolute atomic E-state index is 10.1. The number of nitrogens with zero attached hydrogens (tertiary/aromatic N) is 3. The summed E-state index contributed by atoms with van der Waals surface area (Å²) in [6, 6.07) is 0. The molecule has 0 unspecified atom stereocenters. The Morgan fingerprint density at radius 1 is 1.27 bits per heavy atom. The first-order valence-electron chi connectivity index (χ1n) is 3.61. The summed E-state index contributed by atoms with van der Waals surface area (Å²) in [6.45, 7) is 0.184. The molecule has 0 aromatic heterocycles. The highest BCUT2D eigenvalue weighted by Crippen LogP contribution is 1.76. The van der Waals surface area contributed by atoms with Crippen LogP contribution in [-0.2, 0) is 9.59 Å². The van der Waals surface area contributed by atoms with Crippen molar-refractivity contribution in [2.45, 2.75) is 0 Å². The fraction of sp³-hybridized carbons (Fsp3) is 0.143. The van der Waals surface area contributed by atoms with Gasteiger partial charge in [-0.25, -0.2) is 14.6 Å². The van der Waals surface area contributed by atoms with Gasteiger partial charge in [0, 0.05) is 12.2 Å². The summed E-state index contributed by atoms with van der Waals surface area (Å²) < 4.78 is 0.653. The number of carbonyl (C=O) groups is 2. The molecule has 8 nitrogen and oxygen atoms in total. The first kappa shape index (κ1) is 12.6. The minimum absolute atomic E-state index is 0.184. The standard InChI is InChI=1S/C4H4O4.C3H4N3O/c5-3(6)1-2-4(7)8;7-6-2-4-1-5-3-6/h1-2H,(H,5,6)(H,7,8);1-2H,3H2/q;+1/b2-1+;. The fourth-order valence-corrected chi connectivity index (χ4v) is 0.447. The summed E-state index contributed by atoms with van der Waals surface area (Å²) in [7, 11) is 0. The molecule has 0 aromatic carbocycles. The van der Waals surface area contributed by atoms with Crippen LogP contribution in [-0.4, -0.2) is 46.3 Å². The molecule has 0 saturated heterocycles. The van der Waals surface area contributed by atoms with Gasteiger partial charge in [-0.2, -0.15) is 0 Å². The lowest BCUT2D eigenvalue weighted by Crippen LogP contribution is -2.08. The monoisotopic (exact) mass is 214 g/mol. The molecule has 0 spiro atoms. The summed E-state index contributed by atoms with van der Waals surface area (Å²) in [6.07, 6.45) is 3.66. The Hall–Kier alpha value is -2.38. The predicted molar refractivity (Wildman–Crippen MR) is 49.9 cm³/mol. The van der Waals surface area contributed by atoms with Crippen molar-refractivity contribution in [3.05, 3.63) is 17.1 Å². The van der Waals surface area contributed by atoms with E-state index in [1.54, 1.807) is 0 Å². The van der Waals surface area contributed by atoms with Gasteiger partial charge < -0.3 is 10.2 Å². The second kappa shape index (κ2) is 7.06. The normalized spacial score (nSPS) is 13.5. The van der Waals surface area contributed by atoms with E-state index in [1.807, 2.05) is 0 Å². The van der Waals surface area contributed by atoms with Crippen molar-refractivity contribution >= 4 is 24.6 Å². The zero-order valence-electron chi connectivity index (χ0n) is 7.48. The predicted octanol–water partition coefficient (Wildman–Crippen LogP) is -0.495. The number of hydrogen-bond acceptors (Lipinski definition) is 5. The molecule has 8 heteroatoms. The number of carboxylic acids is 2. The summed E-state index contributed by atoms with van der Waals surface area (Å²) in [4.78, 5) is 36.2. The topological polar surface area (TPSA) is 119 Å². The van der Waals surface area contributed by atoms with Crippen molar-refractivity contribution in [1.29, 1.82) is 0 Å². The van der Waals surface area contributed by atoms with E-state index >= 15 is 0 Å². The lowest BCUT2D eigenvalue weighted by atomic mass is 10.5. The molecule has 2 N–H and O–H groups in total. The van der Waals surface area contributed by atoms with Crippen LogP contribution in [0.1, 0.15) is 0 Å². The van der Waals surface area contributed by atoms with Crippen LogP contribution >= 0.6 is 0 Å². The van der Waals surface area contributed by atoms with Crippen LogP contribution < -0.4 is 0 Å². The van der Waals surface area contributed by atoms with E-state index < -0.39 is 11.9 Å². The number of rotatable bonds is 2. The van der Waals surface area contributed by atoms with Gasteiger partial charge in [-0.3, -0.25) is 0 Å². The van der Waals surface area contributed by atoms with E-state index in [9.17, 15) is 14.5 Å².